The number of aromatic nitrogens is 5. The number of rotatable bonds is 6. The Hall–Kier alpha value is -3.72. The summed E-state index contributed by atoms with van der Waals surface area (Å²) in [6.07, 6.45) is 0.650. The van der Waals surface area contributed by atoms with Gasteiger partial charge in [-0.15, -0.1) is 5.10 Å². The lowest BCUT2D eigenvalue weighted by Crippen LogP contribution is -2.54. The van der Waals surface area contributed by atoms with E-state index in [4.69, 9.17) is 0 Å². The average molecular weight is 527 g/mol. The standard InChI is InChI=1S/C26H26F4N8/c1-15-32-20-3-2-16(10-22(20)37(15)14-23(27)28)19-6-9-38-24(19)21(13-31)34-25(35-38)33-17-4-7-36(8-5-17)18-11-26(29,30)12-18/h2-3,6,9-10,17-18,23H,4-5,7-8,11-12,14H2,1H3,(H,33,35). The normalized spacial score (nSPS) is 18.8. The molecule has 2 fully saturated rings. The van der Waals surface area contributed by atoms with E-state index in [9.17, 15) is 22.8 Å². The number of fused-ring (bicyclic) bond motifs is 2. The second-order valence-corrected chi connectivity index (χ2v) is 10.2. The highest BCUT2D eigenvalue weighted by Gasteiger charge is 2.48. The van der Waals surface area contributed by atoms with Gasteiger partial charge in [0.1, 0.15) is 17.4 Å². The second kappa shape index (κ2) is 9.23. The van der Waals surface area contributed by atoms with Crippen LogP contribution in [0, 0.1) is 18.3 Å². The monoisotopic (exact) mass is 526 g/mol. The fraction of sp³-hybridized carbons (Fsp3) is 0.462. The zero-order valence-corrected chi connectivity index (χ0v) is 20.7. The van der Waals surface area contributed by atoms with Gasteiger partial charge in [-0.25, -0.2) is 27.1 Å². The van der Waals surface area contributed by atoms with Crippen LogP contribution in [-0.4, -0.2) is 66.6 Å². The molecular weight excluding hydrogens is 500 g/mol. The maximum atomic E-state index is 13.2. The molecule has 0 amide bonds. The minimum absolute atomic E-state index is 0.0424. The molecule has 4 heterocycles. The molecule has 0 unspecified atom stereocenters. The zero-order chi connectivity index (χ0) is 26.6. The Bertz CT molecular complexity index is 1540. The van der Waals surface area contributed by atoms with Gasteiger partial charge in [-0.05, 0) is 43.5 Å². The van der Waals surface area contributed by atoms with Gasteiger partial charge in [-0.2, -0.15) is 10.2 Å². The molecule has 12 heteroatoms. The molecule has 0 spiro atoms. The number of imidazole rings is 1. The first-order valence-electron chi connectivity index (χ1n) is 12.6. The van der Waals surface area contributed by atoms with Gasteiger partial charge >= 0.3 is 0 Å². The SMILES string of the molecule is Cc1nc2ccc(-c3ccn4nc(NC5CCN(C6CC(F)(F)C6)CC5)nc(C#N)c34)cc2n1CC(F)F. The van der Waals surface area contributed by atoms with E-state index in [1.54, 1.807) is 29.8 Å². The summed E-state index contributed by atoms with van der Waals surface area (Å²) in [7, 11) is 0. The quantitative estimate of drug-likeness (QED) is 0.361. The topological polar surface area (TPSA) is 87.1 Å². The molecule has 3 aromatic heterocycles. The maximum Gasteiger partial charge on any atom is 0.256 e. The Labute approximate surface area is 215 Å². The van der Waals surface area contributed by atoms with Crippen LogP contribution >= 0.6 is 0 Å². The number of aryl methyl sites for hydroxylation is 1. The Morgan fingerprint density at radius 1 is 1.16 bits per heavy atom. The van der Waals surface area contributed by atoms with Crippen molar-refractivity contribution >= 4 is 22.5 Å². The van der Waals surface area contributed by atoms with E-state index in [0.29, 0.717) is 33.9 Å². The van der Waals surface area contributed by atoms with Crippen molar-refractivity contribution in [1.82, 2.24) is 29.0 Å². The van der Waals surface area contributed by atoms with Crippen LogP contribution in [0.15, 0.2) is 30.5 Å². The third-order valence-corrected chi connectivity index (χ3v) is 7.64. The molecule has 1 aliphatic heterocycles. The van der Waals surface area contributed by atoms with Crippen molar-refractivity contribution in [2.24, 2.45) is 0 Å². The largest absolute Gasteiger partial charge is 0.350 e. The number of alkyl halides is 4. The van der Waals surface area contributed by atoms with Crippen molar-refractivity contribution in [3.63, 3.8) is 0 Å². The lowest BCUT2D eigenvalue weighted by molar-refractivity contribution is -0.127. The number of nitriles is 1. The molecule has 1 aliphatic carbocycles. The molecule has 1 aromatic carbocycles. The van der Waals surface area contributed by atoms with Gasteiger partial charge in [0.15, 0.2) is 5.69 Å². The Morgan fingerprint density at radius 3 is 2.61 bits per heavy atom. The molecular formula is C26H26F4N8. The molecule has 6 rings (SSSR count). The van der Waals surface area contributed by atoms with Gasteiger partial charge in [0, 0.05) is 49.8 Å². The summed E-state index contributed by atoms with van der Waals surface area (Å²) in [5.74, 6) is -1.69. The van der Waals surface area contributed by atoms with Crippen LogP contribution in [0.5, 0.6) is 0 Å². The summed E-state index contributed by atoms with van der Waals surface area (Å²) in [5, 5.41) is 17.8. The van der Waals surface area contributed by atoms with E-state index in [-0.39, 0.29) is 30.6 Å². The molecule has 8 nitrogen and oxygen atoms in total. The predicted octanol–water partition coefficient (Wildman–Crippen LogP) is 4.87. The van der Waals surface area contributed by atoms with E-state index in [0.717, 1.165) is 31.5 Å². The molecule has 0 bridgehead atoms. The first-order chi connectivity index (χ1) is 18.2. The van der Waals surface area contributed by atoms with E-state index in [2.05, 4.69) is 31.4 Å². The number of likely N-dealkylation sites (tertiary alicyclic amines) is 1. The highest BCUT2D eigenvalue weighted by Crippen LogP contribution is 2.41. The lowest BCUT2D eigenvalue weighted by Gasteiger charge is -2.45. The number of nitrogens with one attached hydrogen (secondary N) is 1. The van der Waals surface area contributed by atoms with Crippen molar-refractivity contribution in [3.8, 4) is 17.2 Å². The summed E-state index contributed by atoms with van der Waals surface area (Å²) in [4.78, 5) is 11.0. The fourth-order valence-electron chi connectivity index (χ4n) is 5.66. The first-order valence-corrected chi connectivity index (χ1v) is 12.6. The van der Waals surface area contributed by atoms with Crippen LogP contribution in [0.25, 0.3) is 27.7 Å². The van der Waals surface area contributed by atoms with Crippen LogP contribution < -0.4 is 5.32 Å². The third-order valence-electron chi connectivity index (χ3n) is 7.64. The van der Waals surface area contributed by atoms with Gasteiger partial charge in [-0.3, -0.25) is 4.90 Å². The van der Waals surface area contributed by atoms with Crippen molar-refractivity contribution in [2.45, 2.75) is 63.6 Å². The number of hydrogen-bond donors (Lipinski definition) is 1. The summed E-state index contributed by atoms with van der Waals surface area (Å²) in [6.45, 7) is 2.70. The minimum Gasteiger partial charge on any atom is -0.350 e. The molecule has 1 saturated carbocycles. The van der Waals surface area contributed by atoms with Crippen molar-refractivity contribution in [1.29, 1.82) is 5.26 Å². The average Bonchev–Trinajstić information content (AvgIpc) is 3.43. The molecule has 4 aromatic rings. The Balaban J connectivity index is 1.24. The predicted molar refractivity (Wildman–Crippen MR) is 133 cm³/mol. The van der Waals surface area contributed by atoms with Crippen LogP contribution in [0.3, 0.4) is 0 Å². The van der Waals surface area contributed by atoms with Gasteiger partial charge in [0.05, 0.1) is 17.6 Å². The molecule has 1 N–H and O–H groups in total. The van der Waals surface area contributed by atoms with E-state index in [1.165, 1.54) is 4.57 Å². The fourth-order valence-corrected chi connectivity index (χ4v) is 5.66. The van der Waals surface area contributed by atoms with Gasteiger partial charge in [0.2, 0.25) is 5.95 Å². The lowest BCUT2D eigenvalue weighted by atomic mass is 9.85. The number of hydrogen-bond acceptors (Lipinski definition) is 6. The van der Waals surface area contributed by atoms with Crippen LogP contribution in [0.1, 0.15) is 37.2 Å². The zero-order valence-electron chi connectivity index (χ0n) is 20.7. The van der Waals surface area contributed by atoms with E-state index >= 15 is 0 Å². The van der Waals surface area contributed by atoms with Crippen molar-refractivity contribution in [2.75, 3.05) is 18.4 Å². The molecule has 2 aliphatic rings. The Morgan fingerprint density at radius 2 is 1.92 bits per heavy atom. The highest BCUT2D eigenvalue weighted by molar-refractivity contribution is 5.89. The van der Waals surface area contributed by atoms with Crippen molar-refractivity contribution < 1.29 is 17.6 Å². The highest BCUT2D eigenvalue weighted by atomic mass is 19.3. The van der Waals surface area contributed by atoms with E-state index < -0.39 is 18.9 Å². The molecule has 198 valence electrons. The minimum atomic E-state index is -2.52. The van der Waals surface area contributed by atoms with E-state index in [1.807, 2.05) is 12.1 Å². The first kappa shape index (κ1) is 24.6. The number of nitrogens with zero attached hydrogens (tertiary/aromatic N) is 7. The van der Waals surface area contributed by atoms with Gasteiger partial charge in [-0.1, -0.05) is 6.07 Å². The van der Waals surface area contributed by atoms with Gasteiger partial charge < -0.3 is 9.88 Å². The smallest absolute Gasteiger partial charge is 0.256 e. The number of piperidine rings is 1. The van der Waals surface area contributed by atoms with Crippen LogP contribution in [-0.2, 0) is 6.54 Å². The molecule has 0 atom stereocenters. The molecule has 38 heavy (non-hydrogen) atoms. The van der Waals surface area contributed by atoms with Gasteiger partial charge in [0.25, 0.3) is 12.3 Å². The summed E-state index contributed by atoms with van der Waals surface area (Å²) >= 11 is 0. The second-order valence-electron chi connectivity index (χ2n) is 10.2. The number of anilines is 1. The third kappa shape index (κ3) is 4.45. The maximum absolute atomic E-state index is 13.2. The molecule has 0 radical (unpaired) electrons. The van der Waals surface area contributed by atoms with Crippen molar-refractivity contribution in [3.05, 3.63) is 42.0 Å². The summed E-state index contributed by atoms with van der Waals surface area (Å²) in [5.41, 5.74) is 3.38. The number of benzene rings is 1. The summed E-state index contributed by atoms with van der Waals surface area (Å²) in [6, 6.07) is 9.44. The van der Waals surface area contributed by atoms with Crippen LogP contribution in [0.4, 0.5) is 23.5 Å². The summed E-state index contributed by atoms with van der Waals surface area (Å²) < 4.78 is 55.9. The number of halogens is 4. The Kier molecular flexibility index (Phi) is 5.98. The van der Waals surface area contributed by atoms with Crippen LogP contribution in [0.2, 0.25) is 0 Å². The molecule has 1 saturated heterocycles.